The summed E-state index contributed by atoms with van der Waals surface area (Å²) >= 11 is 0. The standard InChI is InChI=1S/C10H11F2N.ClH/c1-7(13)2-3-8-6-9(11)4-5-10(8)12;/h2-7H,13H2,1H3;1H/b3-2+;/t7-;/m1./s1. The number of hydrogen-bond donors (Lipinski definition) is 1. The summed E-state index contributed by atoms with van der Waals surface area (Å²) in [6.45, 7) is 1.76. The van der Waals surface area contributed by atoms with E-state index in [4.69, 9.17) is 5.73 Å². The summed E-state index contributed by atoms with van der Waals surface area (Å²) in [5, 5.41) is 0. The van der Waals surface area contributed by atoms with Gasteiger partial charge >= 0.3 is 0 Å². The first-order valence-corrected chi connectivity index (χ1v) is 3.98. The lowest BCUT2D eigenvalue weighted by molar-refractivity contribution is 0.598. The summed E-state index contributed by atoms with van der Waals surface area (Å²) < 4.78 is 25.6. The zero-order chi connectivity index (χ0) is 9.84. The summed E-state index contributed by atoms with van der Waals surface area (Å²) in [6, 6.07) is 3.14. The lowest BCUT2D eigenvalue weighted by atomic mass is 10.1. The molecule has 0 aliphatic heterocycles. The van der Waals surface area contributed by atoms with E-state index in [2.05, 4.69) is 0 Å². The van der Waals surface area contributed by atoms with Gasteiger partial charge in [0.15, 0.2) is 0 Å². The third-order valence-corrected chi connectivity index (χ3v) is 1.54. The molecule has 0 radical (unpaired) electrons. The lowest BCUT2D eigenvalue weighted by Crippen LogP contribution is -2.10. The molecule has 1 atom stereocenters. The largest absolute Gasteiger partial charge is 0.325 e. The minimum Gasteiger partial charge on any atom is -0.325 e. The lowest BCUT2D eigenvalue weighted by Gasteiger charge is -1.98. The van der Waals surface area contributed by atoms with Crippen LogP contribution in [-0.4, -0.2) is 6.04 Å². The molecule has 0 aromatic heterocycles. The molecule has 4 heteroatoms. The molecule has 14 heavy (non-hydrogen) atoms. The average Bonchev–Trinajstić information content (AvgIpc) is 2.06. The molecule has 0 aliphatic rings. The van der Waals surface area contributed by atoms with E-state index >= 15 is 0 Å². The van der Waals surface area contributed by atoms with Crippen molar-refractivity contribution in [2.45, 2.75) is 13.0 Å². The van der Waals surface area contributed by atoms with Gasteiger partial charge in [-0.15, -0.1) is 12.4 Å². The summed E-state index contributed by atoms with van der Waals surface area (Å²) in [6.07, 6.45) is 3.08. The zero-order valence-corrected chi connectivity index (χ0v) is 8.52. The maximum absolute atomic E-state index is 13.0. The highest BCUT2D eigenvalue weighted by atomic mass is 35.5. The van der Waals surface area contributed by atoms with Crippen LogP contribution in [-0.2, 0) is 0 Å². The topological polar surface area (TPSA) is 26.0 Å². The summed E-state index contributed by atoms with van der Waals surface area (Å²) in [4.78, 5) is 0. The van der Waals surface area contributed by atoms with Crippen molar-refractivity contribution in [3.8, 4) is 0 Å². The van der Waals surface area contributed by atoms with Crippen LogP contribution in [0.4, 0.5) is 8.78 Å². The number of halogens is 3. The van der Waals surface area contributed by atoms with Gasteiger partial charge in [0.05, 0.1) is 0 Å². The Morgan fingerprint density at radius 3 is 2.57 bits per heavy atom. The van der Waals surface area contributed by atoms with Gasteiger partial charge in [-0.2, -0.15) is 0 Å². The van der Waals surface area contributed by atoms with Gasteiger partial charge in [-0.1, -0.05) is 12.2 Å². The van der Waals surface area contributed by atoms with E-state index in [1.807, 2.05) is 0 Å². The first kappa shape index (κ1) is 13.1. The van der Waals surface area contributed by atoms with Gasteiger partial charge in [0.25, 0.3) is 0 Å². The molecule has 1 aromatic carbocycles. The molecule has 0 spiro atoms. The third-order valence-electron chi connectivity index (χ3n) is 1.54. The van der Waals surface area contributed by atoms with Gasteiger partial charge in [0.1, 0.15) is 11.6 Å². The molecule has 0 amide bonds. The zero-order valence-electron chi connectivity index (χ0n) is 7.71. The van der Waals surface area contributed by atoms with Crippen molar-refractivity contribution in [3.05, 3.63) is 41.5 Å². The Kier molecular flexibility index (Phi) is 5.35. The Bertz CT molecular complexity index is 324. The number of benzene rings is 1. The van der Waals surface area contributed by atoms with E-state index in [0.29, 0.717) is 0 Å². The highest BCUT2D eigenvalue weighted by molar-refractivity contribution is 5.85. The molecule has 78 valence electrons. The molecule has 1 nitrogen and oxygen atoms in total. The molecule has 1 rings (SSSR count). The van der Waals surface area contributed by atoms with Crippen molar-refractivity contribution in [3.63, 3.8) is 0 Å². The van der Waals surface area contributed by atoms with Crippen molar-refractivity contribution in [2.24, 2.45) is 5.73 Å². The molecule has 0 saturated carbocycles. The molecule has 2 N–H and O–H groups in total. The summed E-state index contributed by atoms with van der Waals surface area (Å²) in [5.74, 6) is -0.899. The van der Waals surface area contributed by atoms with Crippen LogP contribution in [0.5, 0.6) is 0 Å². The van der Waals surface area contributed by atoms with E-state index in [1.165, 1.54) is 6.08 Å². The Balaban J connectivity index is 0.00000169. The van der Waals surface area contributed by atoms with Crippen molar-refractivity contribution >= 4 is 18.5 Å². The maximum atomic E-state index is 13.0. The first-order valence-electron chi connectivity index (χ1n) is 3.98. The highest BCUT2D eigenvalue weighted by Crippen LogP contribution is 2.11. The van der Waals surface area contributed by atoms with Crippen LogP contribution < -0.4 is 5.73 Å². The van der Waals surface area contributed by atoms with Gasteiger partial charge < -0.3 is 5.73 Å². The number of hydrogen-bond acceptors (Lipinski definition) is 1. The highest BCUT2D eigenvalue weighted by Gasteiger charge is 1.99. The van der Waals surface area contributed by atoms with Gasteiger partial charge in [-0.05, 0) is 25.1 Å². The van der Waals surface area contributed by atoms with E-state index < -0.39 is 11.6 Å². The predicted molar refractivity (Wildman–Crippen MR) is 56.3 cm³/mol. The third kappa shape index (κ3) is 3.85. The van der Waals surface area contributed by atoms with Gasteiger partial charge in [0.2, 0.25) is 0 Å². The monoisotopic (exact) mass is 219 g/mol. The SMILES string of the molecule is C[C@@H](N)/C=C/c1cc(F)ccc1F.Cl. The second-order valence-electron chi connectivity index (χ2n) is 2.88. The van der Waals surface area contributed by atoms with E-state index in [1.54, 1.807) is 13.0 Å². The average molecular weight is 220 g/mol. The molecule has 0 aliphatic carbocycles. The molecule has 0 unspecified atom stereocenters. The molecular weight excluding hydrogens is 208 g/mol. The normalized spacial score (nSPS) is 12.6. The smallest absolute Gasteiger partial charge is 0.130 e. The minimum absolute atomic E-state index is 0. The number of nitrogens with two attached hydrogens (primary N) is 1. The van der Waals surface area contributed by atoms with Crippen LogP contribution in [0.2, 0.25) is 0 Å². The Hall–Kier alpha value is -0.930. The fourth-order valence-corrected chi connectivity index (χ4v) is 0.898. The molecule has 0 fully saturated rings. The maximum Gasteiger partial charge on any atom is 0.130 e. The van der Waals surface area contributed by atoms with Crippen LogP contribution in [0, 0.1) is 11.6 Å². The van der Waals surface area contributed by atoms with Crippen LogP contribution in [0.3, 0.4) is 0 Å². The van der Waals surface area contributed by atoms with Gasteiger partial charge in [-0.25, -0.2) is 8.78 Å². The van der Waals surface area contributed by atoms with Crippen molar-refractivity contribution < 1.29 is 8.78 Å². The van der Waals surface area contributed by atoms with Crippen LogP contribution in [0.25, 0.3) is 6.08 Å². The molecular formula is C10H12ClF2N. The first-order chi connectivity index (χ1) is 6.09. The Morgan fingerprint density at radius 2 is 2.00 bits per heavy atom. The minimum atomic E-state index is -0.453. The van der Waals surface area contributed by atoms with Crippen molar-refractivity contribution in [1.82, 2.24) is 0 Å². The predicted octanol–water partition coefficient (Wildman–Crippen LogP) is 2.75. The van der Waals surface area contributed by atoms with Crippen LogP contribution in [0.15, 0.2) is 24.3 Å². The fourth-order valence-electron chi connectivity index (χ4n) is 0.898. The second-order valence-corrected chi connectivity index (χ2v) is 2.88. The second kappa shape index (κ2) is 5.73. The fraction of sp³-hybridized carbons (Fsp3) is 0.200. The molecule has 0 saturated heterocycles. The Labute approximate surface area is 88.0 Å². The molecule has 0 bridgehead atoms. The Morgan fingerprint density at radius 1 is 1.36 bits per heavy atom. The van der Waals surface area contributed by atoms with E-state index in [0.717, 1.165) is 18.2 Å². The van der Waals surface area contributed by atoms with Crippen molar-refractivity contribution in [1.29, 1.82) is 0 Å². The summed E-state index contributed by atoms with van der Waals surface area (Å²) in [5.41, 5.74) is 5.65. The van der Waals surface area contributed by atoms with Crippen molar-refractivity contribution in [2.75, 3.05) is 0 Å². The van der Waals surface area contributed by atoms with Crippen LogP contribution >= 0.6 is 12.4 Å². The van der Waals surface area contributed by atoms with E-state index in [-0.39, 0.29) is 24.0 Å². The molecule has 0 heterocycles. The van der Waals surface area contributed by atoms with Gasteiger partial charge in [-0.3, -0.25) is 0 Å². The molecule has 1 aromatic rings. The summed E-state index contributed by atoms with van der Waals surface area (Å²) in [7, 11) is 0. The van der Waals surface area contributed by atoms with Crippen LogP contribution in [0.1, 0.15) is 12.5 Å². The van der Waals surface area contributed by atoms with E-state index in [9.17, 15) is 8.78 Å². The number of rotatable bonds is 2. The quantitative estimate of drug-likeness (QED) is 0.813. The van der Waals surface area contributed by atoms with Gasteiger partial charge in [0, 0.05) is 11.6 Å².